The van der Waals surface area contributed by atoms with Gasteiger partial charge < -0.3 is 0 Å². The van der Waals surface area contributed by atoms with Gasteiger partial charge in [-0.1, -0.05) is 31.8 Å². The van der Waals surface area contributed by atoms with Crippen LogP contribution in [0.5, 0.6) is 0 Å². The van der Waals surface area contributed by atoms with E-state index in [2.05, 4.69) is 6.92 Å². The largest absolute Gasteiger partial charge is 0.295 e. The molecule has 0 bridgehead atoms. The van der Waals surface area contributed by atoms with Crippen LogP contribution in [0, 0.1) is 11.8 Å². The normalized spacial score (nSPS) is 30.2. The van der Waals surface area contributed by atoms with Gasteiger partial charge in [0.25, 0.3) is 0 Å². The summed E-state index contributed by atoms with van der Waals surface area (Å²) in [6.45, 7) is 2.28. The maximum atomic E-state index is 11.4. The molecule has 1 nitrogen and oxygen atoms in total. The molecule has 1 saturated carbocycles. The Hall–Kier alpha value is -0.590. The van der Waals surface area contributed by atoms with Gasteiger partial charge in [-0.15, -0.1) is 0 Å². The fraction of sp³-hybridized carbons (Fsp3) is 0.812. The van der Waals surface area contributed by atoms with E-state index in [0.29, 0.717) is 5.78 Å². The van der Waals surface area contributed by atoms with Gasteiger partial charge in [0.15, 0.2) is 5.78 Å². The van der Waals surface area contributed by atoms with Gasteiger partial charge in [0.1, 0.15) is 0 Å². The van der Waals surface area contributed by atoms with Gasteiger partial charge in [0.05, 0.1) is 0 Å². The molecule has 96 valence electrons. The van der Waals surface area contributed by atoms with Crippen molar-refractivity contribution in [2.45, 2.75) is 71.1 Å². The molecule has 0 aliphatic heterocycles. The van der Waals surface area contributed by atoms with Gasteiger partial charge in [0, 0.05) is 6.42 Å². The van der Waals surface area contributed by atoms with Crippen LogP contribution in [0.2, 0.25) is 0 Å². The van der Waals surface area contributed by atoms with Crippen LogP contribution >= 0.6 is 0 Å². The maximum absolute atomic E-state index is 11.4. The van der Waals surface area contributed by atoms with Crippen LogP contribution in [0.3, 0.4) is 0 Å². The maximum Gasteiger partial charge on any atom is 0.155 e. The van der Waals surface area contributed by atoms with Crippen molar-refractivity contribution in [2.24, 2.45) is 11.8 Å². The molecule has 0 heterocycles. The van der Waals surface area contributed by atoms with Gasteiger partial charge in [-0.05, 0) is 56.4 Å². The van der Waals surface area contributed by atoms with Crippen LogP contribution < -0.4 is 0 Å². The Bertz CT molecular complexity index is 282. The second-order valence-corrected chi connectivity index (χ2v) is 5.90. The molecular weight excluding hydrogens is 208 g/mol. The van der Waals surface area contributed by atoms with Crippen LogP contribution in [-0.4, -0.2) is 5.78 Å². The lowest BCUT2D eigenvalue weighted by molar-refractivity contribution is -0.115. The first-order valence-electron chi connectivity index (χ1n) is 7.53. The van der Waals surface area contributed by atoms with Crippen molar-refractivity contribution in [3.8, 4) is 0 Å². The van der Waals surface area contributed by atoms with Crippen molar-refractivity contribution in [1.29, 1.82) is 0 Å². The number of allylic oxidation sites excluding steroid dienone is 2. The topological polar surface area (TPSA) is 17.1 Å². The van der Waals surface area contributed by atoms with E-state index in [9.17, 15) is 4.79 Å². The SMILES string of the molecule is CCCC[C@H]1CC[C@H](C2=CC(=O)CCC2)CC1. The van der Waals surface area contributed by atoms with Crippen LogP contribution in [0.25, 0.3) is 0 Å². The van der Waals surface area contributed by atoms with Crippen molar-refractivity contribution >= 4 is 5.78 Å². The highest BCUT2D eigenvalue weighted by atomic mass is 16.1. The average Bonchev–Trinajstić information content (AvgIpc) is 2.37. The third kappa shape index (κ3) is 3.69. The predicted octanol–water partition coefficient (Wildman–Crippen LogP) is 4.66. The van der Waals surface area contributed by atoms with E-state index in [1.54, 1.807) is 0 Å². The number of hydrogen-bond acceptors (Lipinski definition) is 1. The van der Waals surface area contributed by atoms with Gasteiger partial charge in [-0.2, -0.15) is 0 Å². The van der Waals surface area contributed by atoms with Crippen LogP contribution in [0.4, 0.5) is 0 Å². The first-order chi connectivity index (χ1) is 8.29. The van der Waals surface area contributed by atoms with Crippen molar-refractivity contribution in [3.63, 3.8) is 0 Å². The van der Waals surface area contributed by atoms with Crippen molar-refractivity contribution in [2.75, 3.05) is 0 Å². The Morgan fingerprint density at radius 1 is 1.18 bits per heavy atom. The zero-order valence-corrected chi connectivity index (χ0v) is 11.2. The van der Waals surface area contributed by atoms with Gasteiger partial charge >= 0.3 is 0 Å². The lowest BCUT2D eigenvalue weighted by atomic mass is 9.74. The van der Waals surface area contributed by atoms with Gasteiger partial charge in [-0.3, -0.25) is 4.79 Å². The summed E-state index contributed by atoms with van der Waals surface area (Å²) < 4.78 is 0. The summed E-state index contributed by atoms with van der Waals surface area (Å²) in [5, 5.41) is 0. The smallest absolute Gasteiger partial charge is 0.155 e. The second-order valence-electron chi connectivity index (χ2n) is 5.90. The molecule has 0 aromatic carbocycles. The fourth-order valence-electron chi connectivity index (χ4n) is 3.45. The Kier molecular flexibility index (Phi) is 4.82. The molecular formula is C16H26O. The van der Waals surface area contributed by atoms with E-state index < -0.39 is 0 Å². The first-order valence-corrected chi connectivity index (χ1v) is 7.53. The average molecular weight is 234 g/mol. The molecule has 0 radical (unpaired) electrons. The van der Waals surface area contributed by atoms with E-state index in [0.717, 1.165) is 24.7 Å². The highest BCUT2D eigenvalue weighted by Crippen LogP contribution is 2.38. The summed E-state index contributed by atoms with van der Waals surface area (Å²) in [6, 6.07) is 0. The molecule has 2 aliphatic carbocycles. The standard InChI is InChI=1S/C16H26O/c1-2-3-5-13-8-10-14(11-9-13)15-6-4-7-16(17)12-15/h12-14H,2-11H2,1H3/t13-,14-. The second kappa shape index (κ2) is 6.37. The number of rotatable bonds is 4. The van der Waals surface area contributed by atoms with Gasteiger partial charge in [0.2, 0.25) is 0 Å². The summed E-state index contributed by atoms with van der Waals surface area (Å²) in [5.41, 5.74) is 1.48. The molecule has 1 heteroatoms. The third-order valence-corrected chi connectivity index (χ3v) is 4.57. The number of unbranched alkanes of at least 4 members (excludes halogenated alkanes) is 1. The minimum Gasteiger partial charge on any atom is -0.295 e. The number of carbonyl (C=O) groups excluding carboxylic acids is 1. The quantitative estimate of drug-likeness (QED) is 0.691. The molecule has 0 N–H and O–H groups in total. The zero-order chi connectivity index (χ0) is 12.1. The Labute approximate surface area is 106 Å². The fourth-order valence-corrected chi connectivity index (χ4v) is 3.45. The highest BCUT2D eigenvalue weighted by molar-refractivity contribution is 5.91. The summed E-state index contributed by atoms with van der Waals surface area (Å²) in [6.07, 6.45) is 14.7. The molecule has 0 saturated heterocycles. The lowest BCUT2D eigenvalue weighted by Gasteiger charge is -2.31. The van der Waals surface area contributed by atoms with E-state index in [4.69, 9.17) is 0 Å². The molecule has 0 spiro atoms. The molecule has 0 amide bonds. The molecule has 0 atom stereocenters. The van der Waals surface area contributed by atoms with E-state index >= 15 is 0 Å². The minimum absolute atomic E-state index is 0.374. The van der Waals surface area contributed by atoms with Gasteiger partial charge in [-0.25, -0.2) is 0 Å². The molecule has 0 aromatic heterocycles. The first kappa shape index (κ1) is 12.9. The van der Waals surface area contributed by atoms with E-state index in [1.165, 1.54) is 56.9 Å². The van der Waals surface area contributed by atoms with Crippen LogP contribution in [0.15, 0.2) is 11.6 Å². The minimum atomic E-state index is 0.374. The van der Waals surface area contributed by atoms with Crippen molar-refractivity contribution < 1.29 is 4.79 Å². The highest BCUT2D eigenvalue weighted by Gasteiger charge is 2.25. The summed E-state index contributed by atoms with van der Waals surface area (Å²) in [7, 11) is 0. The van der Waals surface area contributed by atoms with Crippen LogP contribution in [0.1, 0.15) is 71.1 Å². The Balaban J connectivity index is 1.80. The van der Waals surface area contributed by atoms with E-state index in [1.807, 2.05) is 6.08 Å². The zero-order valence-electron chi connectivity index (χ0n) is 11.2. The van der Waals surface area contributed by atoms with Crippen molar-refractivity contribution in [1.82, 2.24) is 0 Å². The Morgan fingerprint density at radius 2 is 1.94 bits per heavy atom. The molecule has 17 heavy (non-hydrogen) atoms. The number of hydrogen-bond donors (Lipinski definition) is 0. The molecule has 2 rings (SSSR count). The lowest BCUT2D eigenvalue weighted by Crippen LogP contribution is -2.18. The Morgan fingerprint density at radius 3 is 2.59 bits per heavy atom. The predicted molar refractivity (Wildman–Crippen MR) is 71.9 cm³/mol. The summed E-state index contributed by atoms with van der Waals surface area (Å²) >= 11 is 0. The third-order valence-electron chi connectivity index (χ3n) is 4.57. The molecule has 1 fully saturated rings. The van der Waals surface area contributed by atoms with Crippen LogP contribution in [-0.2, 0) is 4.79 Å². The summed E-state index contributed by atoms with van der Waals surface area (Å²) in [5.74, 6) is 2.10. The number of ketones is 1. The monoisotopic (exact) mass is 234 g/mol. The molecule has 0 unspecified atom stereocenters. The van der Waals surface area contributed by atoms with E-state index in [-0.39, 0.29) is 0 Å². The summed E-state index contributed by atoms with van der Waals surface area (Å²) in [4.78, 5) is 11.4. The van der Waals surface area contributed by atoms with Crippen molar-refractivity contribution in [3.05, 3.63) is 11.6 Å². The number of carbonyl (C=O) groups is 1. The molecule has 2 aliphatic rings. The molecule has 0 aromatic rings.